The molecule has 126 valence electrons. The number of hydrogen-bond donors (Lipinski definition) is 1. The summed E-state index contributed by atoms with van der Waals surface area (Å²) in [4.78, 5) is 0. The first kappa shape index (κ1) is 17.5. The van der Waals surface area contributed by atoms with Crippen LogP contribution in [0.2, 0.25) is 0 Å². The van der Waals surface area contributed by atoms with Crippen LogP contribution >= 0.6 is 0 Å². The van der Waals surface area contributed by atoms with Crippen LogP contribution in [0.5, 0.6) is 0 Å². The number of aryl methyl sites for hydroxylation is 1. The van der Waals surface area contributed by atoms with Crippen LogP contribution in [0.3, 0.4) is 0 Å². The van der Waals surface area contributed by atoms with Crippen molar-refractivity contribution in [2.45, 2.75) is 19.1 Å². The van der Waals surface area contributed by atoms with Crippen LogP contribution in [0.15, 0.2) is 42.6 Å². The molecule has 0 saturated carbocycles. The number of aromatic nitrogens is 2. The number of rotatable bonds is 7. The van der Waals surface area contributed by atoms with Crippen molar-refractivity contribution < 1.29 is 21.6 Å². The van der Waals surface area contributed by atoms with Crippen molar-refractivity contribution in [1.82, 2.24) is 14.5 Å². The van der Waals surface area contributed by atoms with E-state index in [1.165, 1.54) is 6.20 Å². The molecule has 0 bridgehead atoms. The van der Waals surface area contributed by atoms with Gasteiger partial charge in [0.15, 0.2) is 5.69 Å². The number of hydrogen-bond acceptors (Lipinski definition) is 3. The van der Waals surface area contributed by atoms with E-state index in [1.54, 1.807) is 0 Å². The van der Waals surface area contributed by atoms with Crippen LogP contribution in [-0.2, 0) is 29.2 Å². The van der Waals surface area contributed by atoms with Crippen molar-refractivity contribution >= 4 is 10.0 Å². The van der Waals surface area contributed by atoms with E-state index in [9.17, 15) is 21.6 Å². The second-order valence-electron chi connectivity index (χ2n) is 4.91. The molecule has 9 heteroatoms. The minimum Gasteiger partial charge on any atom is -0.271 e. The summed E-state index contributed by atoms with van der Waals surface area (Å²) in [6.45, 7) is 0.0107. The fraction of sp³-hybridized carbons (Fsp3) is 0.357. The Hall–Kier alpha value is -1.87. The maximum Gasteiger partial charge on any atom is 0.435 e. The molecule has 1 heterocycles. The molecule has 2 rings (SSSR count). The molecule has 5 nitrogen and oxygen atoms in total. The van der Waals surface area contributed by atoms with Crippen molar-refractivity contribution in [1.29, 1.82) is 0 Å². The molecule has 0 saturated heterocycles. The molecule has 2 aromatic rings. The van der Waals surface area contributed by atoms with E-state index < -0.39 is 21.9 Å². The van der Waals surface area contributed by atoms with Gasteiger partial charge < -0.3 is 0 Å². The van der Waals surface area contributed by atoms with Crippen LogP contribution in [0.4, 0.5) is 13.2 Å². The third kappa shape index (κ3) is 5.68. The molecule has 23 heavy (non-hydrogen) atoms. The summed E-state index contributed by atoms with van der Waals surface area (Å²) in [5.41, 5.74) is -0.0933. The number of benzene rings is 1. The Kier molecular flexibility index (Phi) is 5.42. The van der Waals surface area contributed by atoms with Crippen LogP contribution in [0.1, 0.15) is 11.3 Å². The van der Waals surface area contributed by atoms with Crippen LogP contribution in [0.25, 0.3) is 0 Å². The second-order valence-corrected chi connectivity index (χ2v) is 6.84. The molecule has 1 N–H and O–H groups in total. The number of halogens is 3. The first-order chi connectivity index (χ1) is 10.8. The largest absolute Gasteiger partial charge is 0.435 e. The van der Waals surface area contributed by atoms with Gasteiger partial charge in [0.05, 0.1) is 12.3 Å². The van der Waals surface area contributed by atoms with E-state index in [1.807, 2.05) is 30.3 Å². The van der Waals surface area contributed by atoms with Crippen LogP contribution in [-0.4, -0.2) is 30.5 Å². The topological polar surface area (TPSA) is 64.0 Å². The fourth-order valence-corrected chi connectivity index (χ4v) is 2.97. The highest BCUT2D eigenvalue weighted by Gasteiger charge is 2.33. The molecular formula is C14H16F3N3O2S. The summed E-state index contributed by atoms with van der Waals surface area (Å²) in [5.74, 6) is -0.0794. The van der Waals surface area contributed by atoms with Gasteiger partial charge in [-0.3, -0.25) is 4.68 Å². The highest BCUT2D eigenvalue weighted by Crippen LogP contribution is 2.27. The summed E-state index contributed by atoms with van der Waals surface area (Å²) in [5, 5.41) is 3.35. The van der Waals surface area contributed by atoms with Crippen molar-refractivity contribution in [3.05, 3.63) is 53.9 Å². The van der Waals surface area contributed by atoms with Gasteiger partial charge in [-0.15, -0.1) is 0 Å². The molecule has 0 aliphatic carbocycles. The molecular weight excluding hydrogens is 331 g/mol. The summed E-state index contributed by atoms with van der Waals surface area (Å²) in [6.07, 6.45) is -2.96. The third-order valence-corrected chi connectivity index (χ3v) is 4.48. The van der Waals surface area contributed by atoms with E-state index in [0.29, 0.717) is 6.42 Å². The van der Waals surface area contributed by atoms with Crippen molar-refractivity contribution in [3.63, 3.8) is 0 Å². The standard InChI is InChI=1S/C14H16F3N3O2S/c15-14(16,17)13-6-9-20(19-13)10-8-18-23(21,22)11-7-12-4-2-1-3-5-12/h1-6,9,18H,7-8,10-11H2. The van der Waals surface area contributed by atoms with Gasteiger partial charge in [0.1, 0.15) is 0 Å². The highest BCUT2D eigenvalue weighted by molar-refractivity contribution is 7.89. The molecule has 1 aromatic carbocycles. The van der Waals surface area contributed by atoms with Gasteiger partial charge in [-0.05, 0) is 18.1 Å². The van der Waals surface area contributed by atoms with Crippen LogP contribution < -0.4 is 4.72 Å². The molecule has 0 spiro atoms. The predicted molar refractivity (Wildman–Crippen MR) is 79.2 cm³/mol. The number of nitrogens with one attached hydrogen (secondary N) is 1. The summed E-state index contributed by atoms with van der Waals surface area (Å²) in [7, 11) is -3.48. The normalized spacial score (nSPS) is 12.5. The minimum absolute atomic E-state index is 0.0178. The van der Waals surface area contributed by atoms with E-state index in [4.69, 9.17) is 0 Å². The summed E-state index contributed by atoms with van der Waals surface area (Å²) < 4.78 is 64.3. The Morgan fingerprint density at radius 3 is 2.43 bits per heavy atom. The van der Waals surface area contributed by atoms with Gasteiger partial charge in [0.2, 0.25) is 10.0 Å². The zero-order chi connectivity index (χ0) is 16.9. The van der Waals surface area contributed by atoms with Gasteiger partial charge in [0, 0.05) is 12.7 Å². The minimum atomic E-state index is -4.50. The number of alkyl halides is 3. The van der Waals surface area contributed by atoms with Gasteiger partial charge in [-0.25, -0.2) is 13.1 Å². The quantitative estimate of drug-likeness (QED) is 0.834. The monoisotopic (exact) mass is 347 g/mol. The van der Waals surface area contributed by atoms with Gasteiger partial charge in [0.25, 0.3) is 0 Å². The summed E-state index contributed by atoms with van der Waals surface area (Å²) in [6, 6.07) is 10.0. The number of nitrogens with zero attached hydrogens (tertiary/aromatic N) is 2. The SMILES string of the molecule is O=S(=O)(CCc1ccccc1)NCCn1ccc(C(F)(F)F)n1. The van der Waals surface area contributed by atoms with E-state index >= 15 is 0 Å². The van der Waals surface area contributed by atoms with Crippen molar-refractivity contribution in [3.8, 4) is 0 Å². The second kappa shape index (κ2) is 7.14. The fourth-order valence-electron chi connectivity index (χ4n) is 1.92. The first-order valence-corrected chi connectivity index (χ1v) is 8.53. The Bertz CT molecular complexity index is 727. The molecule has 0 atom stereocenters. The van der Waals surface area contributed by atoms with Crippen molar-refractivity contribution in [2.24, 2.45) is 0 Å². The smallest absolute Gasteiger partial charge is 0.271 e. The maximum atomic E-state index is 12.4. The van der Waals surface area contributed by atoms with Gasteiger partial charge >= 0.3 is 6.18 Å². The molecule has 0 fully saturated rings. The lowest BCUT2D eigenvalue weighted by molar-refractivity contribution is -0.141. The summed E-state index contributed by atoms with van der Waals surface area (Å²) >= 11 is 0. The lowest BCUT2D eigenvalue weighted by atomic mass is 10.2. The molecule has 0 aliphatic heterocycles. The van der Waals surface area contributed by atoms with E-state index in [-0.39, 0.29) is 18.8 Å². The van der Waals surface area contributed by atoms with Gasteiger partial charge in [-0.1, -0.05) is 30.3 Å². The molecule has 1 aromatic heterocycles. The average molecular weight is 347 g/mol. The third-order valence-electron chi connectivity index (χ3n) is 3.10. The Morgan fingerprint density at radius 2 is 1.83 bits per heavy atom. The molecule has 0 aliphatic rings. The average Bonchev–Trinajstić information content (AvgIpc) is 2.95. The van der Waals surface area contributed by atoms with E-state index in [2.05, 4.69) is 9.82 Å². The Morgan fingerprint density at radius 1 is 1.13 bits per heavy atom. The predicted octanol–water partition coefficient (Wildman–Crippen LogP) is 2.06. The maximum absolute atomic E-state index is 12.4. The van der Waals surface area contributed by atoms with Gasteiger partial charge in [-0.2, -0.15) is 18.3 Å². The number of sulfonamides is 1. The Balaban J connectivity index is 1.79. The zero-order valence-corrected chi connectivity index (χ0v) is 12.9. The molecule has 0 amide bonds. The zero-order valence-electron chi connectivity index (χ0n) is 12.1. The van der Waals surface area contributed by atoms with Crippen LogP contribution in [0, 0.1) is 0 Å². The lowest BCUT2D eigenvalue weighted by Gasteiger charge is -2.07. The highest BCUT2D eigenvalue weighted by atomic mass is 32.2. The molecule has 0 radical (unpaired) electrons. The lowest BCUT2D eigenvalue weighted by Crippen LogP contribution is -2.30. The Labute approximate surface area is 132 Å². The van der Waals surface area contributed by atoms with E-state index in [0.717, 1.165) is 16.3 Å². The first-order valence-electron chi connectivity index (χ1n) is 6.88. The van der Waals surface area contributed by atoms with Crippen molar-refractivity contribution in [2.75, 3.05) is 12.3 Å². The molecule has 0 unspecified atom stereocenters.